The van der Waals surface area contributed by atoms with Crippen molar-refractivity contribution in [2.75, 3.05) is 7.11 Å². The first-order valence-corrected chi connectivity index (χ1v) is 11.0. The summed E-state index contributed by atoms with van der Waals surface area (Å²) in [5.41, 5.74) is 5.15. The summed E-state index contributed by atoms with van der Waals surface area (Å²) >= 11 is 0. The van der Waals surface area contributed by atoms with Crippen molar-refractivity contribution in [3.05, 3.63) is 58.1 Å². The van der Waals surface area contributed by atoms with Crippen molar-refractivity contribution in [3.63, 3.8) is 0 Å². The summed E-state index contributed by atoms with van der Waals surface area (Å²) in [7, 11) is -2.31. The van der Waals surface area contributed by atoms with Crippen molar-refractivity contribution in [2.45, 2.75) is 58.5 Å². The standard InChI is InChI=1S/C22H30N2O4S/c1-13-10-15(3)20(12-14(13)2)17(5)23-22(25)18(6)24-29(26,27)19-8-9-21(28-7)16(4)11-19/h8-12,17-18,24H,1-7H3,(H,23,25)/t17-,18+/m0/s1. The van der Waals surface area contributed by atoms with E-state index in [-0.39, 0.29) is 16.8 Å². The number of methoxy groups -OCH3 is 1. The molecule has 29 heavy (non-hydrogen) atoms. The topological polar surface area (TPSA) is 84.5 Å². The lowest BCUT2D eigenvalue weighted by molar-refractivity contribution is -0.123. The fourth-order valence-electron chi connectivity index (χ4n) is 3.24. The minimum atomic E-state index is -3.84. The van der Waals surface area contributed by atoms with Gasteiger partial charge >= 0.3 is 0 Å². The van der Waals surface area contributed by atoms with Gasteiger partial charge in [-0.15, -0.1) is 0 Å². The van der Waals surface area contributed by atoms with E-state index in [9.17, 15) is 13.2 Å². The van der Waals surface area contributed by atoms with Gasteiger partial charge in [0.1, 0.15) is 5.75 Å². The summed E-state index contributed by atoms with van der Waals surface area (Å²) in [4.78, 5) is 12.7. The van der Waals surface area contributed by atoms with Gasteiger partial charge in [0, 0.05) is 0 Å². The quantitative estimate of drug-likeness (QED) is 0.721. The molecule has 2 atom stereocenters. The van der Waals surface area contributed by atoms with Gasteiger partial charge in [-0.3, -0.25) is 4.79 Å². The normalized spacial score (nSPS) is 13.6. The van der Waals surface area contributed by atoms with Crippen LogP contribution in [0.15, 0.2) is 35.2 Å². The smallest absolute Gasteiger partial charge is 0.241 e. The van der Waals surface area contributed by atoms with Gasteiger partial charge in [-0.25, -0.2) is 8.42 Å². The Kier molecular flexibility index (Phi) is 7.08. The second-order valence-corrected chi connectivity index (χ2v) is 9.21. The van der Waals surface area contributed by atoms with Gasteiger partial charge in [-0.2, -0.15) is 4.72 Å². The lowest BCUT2D eigenvalue weighted by atomic mass is 9.96. The zero-order chi connectivity index (χ0) is 21.9. The second-order valence-electron chi connectivity index (χ2n) is 7.50. The Labute approximate surface area is 173 Å². The van der Waals surface area contributed by atoms with Crippen LogP contribution in [0.1, 0.15) is 47.7 Å². The largest absolute Gasteiger partial charge is 0.496 e. The van der Waals surface area contributed by atoms with E-state index in [4.69, 9.17) is 4.74 Å². The fraction of sp³-hybridized carbons (Fsp3) is 0.409. The highest BCUT2D eigenvalue weighted by molar-refractivity contribution is 7.89. The van der Waals surface area contributed by atoms with E-state index in [2.05, 4.69) is 22.2 Å². The van der Waals surface area contributed by atoms with Crippen LogP contribution >= 0.6 is 0 Å². The van der Waals surface area contributed by atoms with Crippen molar-refractivity contribution < 1.29 is 17.9 Å². The Morgan fingerprint density at radius 2 is 1.55 bits per heavy atom. The van der Waals surface area contributed by atoms with Crippen molar-refractivity contribution in [2.24, 2.45) is 0 Å². The third-order valence-corrected chi connectivity index (χ3v) is 6.65. The van der Waals surface area contributed by atoms with Crippen LogP contribution in [0.4, 0.5) is 0 Å². The molecule has 0 radical (unpaired) electrons. The van der Waals surface area contributed by atoms with Crippen LogP contribution < -0.4 is 14.8 Å². The summed E-state index contributed by atoms with van der Waals surface area (Å²) in [6.45, 7) is 11.3. The van der Waals surface area contributed by atoms with Gasteiger partial charge in [-0.1, -0.05) is 12.1 Å². The molecular weight excluding hydrogens is 388 g/mol. The van der Waals surface area contributed by atoms with Crippen LogP contribution in [-0.2, 0) is 14.8 Å². The van der Waals surface area contributed by atoms with Crippen LogP contribution in [0.25, 0.3) is 0 Å². The number of sulfonamides is 1. The molecule has 0 spiro atoms. The maximum atomic E-state index is 12.7. The molecule has 0 unspecified atom stereocenters. The Bertz CT molecular complexity index is 1020. The number of hydrogen-bond donors (Lipinski definition) is 2. The minimum Gasteiger partial charge on any atom is -0.496 e. The summed E-state index contributed by atoms with van der Waals surface area (Å²) in [6.07, 6.45) is 0. The first-order chi connectivity index (χ1) is 13.5. The van der Waals surface area contributed by atoms with Crippen LogP contribution in [-0.4, -0.2) is 27.5 Å². The summed E-state index contributed by atoms with van der Waals surface area (Å²) in [5.74, 6) is 0.219. The average Bonchev–Trinajstić information content (AvgIpc) is 2.64. The first kappa shape index (κ1) is 22.9. The van der Waals surface area contributed by atoms with Gasteiger partial charge in [0.05, 0.1) is 24.1 Å². The number of aryl methyl sites for hydroxylation is 4. The second kappa shape index (κ2) is 8.97. The predicted octanol–water partition coefficient (Wildman–Crippen LogP) is 3.47. The Balaban J connectivity index is 2.12. The molecule has 0 saturated carbocycles. The van der Waals surface area contributed by atoms with Crippen LogP contribution in [0, 0.1) is 27.7 Å². The van der Waals surface area contributed by atoms with E-state index in [0.29, 0.717) is 11.3 Å². The molecule has 0 aliphatic rings. The number of carbonyl (C=O) groups excluding carboxylic acids is 1. The molecule has 158 valence electrons. The molecule has 0 saturated heterocycles. The van der Waals surface area contributed by atoms with Crippen molar-refractivity contribution in [3.8, 4) is 5.75 Å². The highest BCUT2D eigenvalue weighted by atomic mass is 32.2. The van der Waals surface area contributed by atoms with Gasteiger partial charge in [-0.05, 0) is 87.6 Å². The highest BCUT2D eigenvalue weighted by Gasteiger charge is 2.24. The Morgan fingerprint density at radius 1 is 0.931 bits per heavy atom. The molecule has 7 heteroatoms. The lowest BCUT2D eigenvalue weighted by Gasteiger charge is -2.21. The van der Waals surface area contributed by atoms with Crippen molar-refractivity contribution in [1.29, 1.82) is 0 Å². The van der Waals surface area contributed by atoms with Crippen LogP contribution in [0.3, 0.4) is 0 Å². The zero-order valence-corrected chi connectivity index (χ0v) is 18.9. The molecule has 6 nitrogen and oxygen atoms in total. The molecule has 0 aromatic heterocycles. The Hall–Kier alpha value is -2.38. The van der Waals surface area contributed by atoms with E-state index < -0.39 is 16.1 Å². The van der Waals surface area contributed by atoms with E-state index in [0.717, 1.165) is 16.7 Å². The maximum absolute atomic E-state index is 12.7. The molecule has 0 fully saturated rings. The number of hydrogen-bond acceptors (Lipinski definition) is 4. The monoisotopic (exact) mass is 418 g/mol. The number of amides is 1. The molecule has 0 aliphatic carbocycles. The van der Waals surface area contributed by atoms with Crippen molar-refractivity contribution in [1.82, 2.24) is 10.0 Å². The number of benzene rings is 2. The zero-order valence-electron chi connectivity index (χ0n) is 18.1. The molecule has 0 bridgehead atoms. The third-order valence-electron chi connectivity index (χ3n) is 5.11. The summed E-state index contributed by atoms with van der Waals surface area (Å²) < 4.78 is 32.9. The van der Waals surface area contributed by atoms with Gasteiger partial charge in [0.15, 0.2) is 0 Å². The molecule has 2 rings (SSSR count). The number of rotatable bonds is 7. The highest BCUT2D eigenvalue weighted by Crippen LogP contribution is 2.23. The fourth-order valence-corrected chi connectivity index (χ4v) is 4.53. The van der Waals surface area contributed by atoms with Crippen LogP contribution in [0.5, 0.6) is 5.75 Å². The van der Waals surface area contributed by atoms with Gasteiger partial charge in [0.25, 0.3) is 0 Å². The van der Waals surface area contributed by atoms with E-state index in [1.807, 2.05) is 27.7 Å². The van der Waals surface area contributed by atoms with Gasteiger partial charge < -0.3 is 10.1 Å². The maximum Gasteiger partial charge on any atom is 0.241 e. The summed E-state index contributed by atoms with van der Waals surface area (Å²) in [5, 5.41) is 2.90. The number of nitrogens with one attached hydrogen (secondary N) is 2. The third kappa shape index (κ3) is 5.36. The van der Waals surface area contributed by atoms with Crippen molar-refractivity contribution >= 4 is 15.9 Å². The molecule has 2 N–H and O–H groups in total. The molecule has 1 amide bonds. The van der Waals surface area contributed by atoms with E-state index in [1.165, 1.54) is 31.7 Å². The SMILES string of the molecule is COc1ccc(S(=O)(=O)N[C@H](C)C(=O)N[C@@H](C)c2cc(C)c(C)cc2C)cc1C. The van der Waals surface area contributed by atoms with E-state index in [1.54, 1.807) is 13.0 Å². The van der Waals surface area contributed by atoms with E-state index >= 15 is 0 Å². The van der Waals surface area contributed by atoms with Crippen LogP contribution in [0.2, 0.25) is 0 Å². The summed E-state index contributed by atoms with van der Waals surface area (Å²) in [6, 6.07) is 7.57. The molecule has 2 aromatic carbocycles. The Morgan fingerprint density at radius 3 is 2.14 bits per heavy atom. The average molecular weight is 419 g/mol. The molecular formula is C22H30N2O4S. The van der Waals surface area contributed by atoms with Gasteiger partial charge in [0.2, 0.25) is 15.9 Å². The predicted molar refractivity (Wildman–Crippen MR) is 115 cm³/mol. The first-order valence-electron chi connectivity index (χ1n) is 9.51. The lowest BCUT2D eigenvalue weighted by Crippen LogP contribution is -2.45. The number of carbonyl (C=O) groups is 1. The molecule has 0 aliphatic heterocycles. The number of ether oxygens (including phenoxy) is 1. The molecule has 2 aromatic rings. The minimum absolute atomic E-state index is 0.0912. The molecule has 0 heterocycles.